The van der Waals surface area contributed by atoms with Gasteiger partial charge in [0.05, 0.1) is 0 Å². The van der Waals surface area contributed by atoms with E-state index in [0.717, 1.165) is 0 Å². The molecule has 0 aromatic carbocycles. The monoisotopic (exact) mass is 177 g/mol. The quantitative estimate of drug-likeness (QED) is 0.542. The maximum atomic E-state index is 3.50. The van der Waals surface area contributed by atoms with E-state index in [4.69, 9.17) is 0 Å². The Labute approximate surface area is 84.1 Å². The largest absolute Gasteiger partial charge is 3.00 e. The Bertz CT molecular complexity index is 17.7. The zero-order valence-corrected chi connectivity index (χ0v) is 9.72. The molecule has 0 saturated heterocycles. The van der Waals surface area contributed by atoms with E-state index in [0.29, 0.717) is 0 Å². The Morgan fingerprint density at radius 1 is 0.500 bits per heavy atom. The van der Waals surface area contributed by atoms with Crippen LogP contribution in [0.1, 0.15) is 0 Å². The average molecular weight is 177 g/mol. The fourth-order valence-corrected chi connectivity index (χ4v) is 0. The predicted octanol–water partition coefficient (Wildman–Crippen LogP) is 1.86. The van der Waals surface area contributed by atoms with Gasteiger partial charge in [0.25, 0.3) is 0 Å². The van der Waals surface area contributed by atoms with Crippen LogP contribution in [-0.2, 0) is 25.8 Å². The first kappa shape index (κ1) is 22.4. The normalized spacial score (nSPS) is 5.40. The summed E-state index contributed by atoms with van der Waals surface area (Å²) in [5, 5.41) is 10.5. The van der Waals surface area contributed by atoms with E-state index in [1.54, 1.807) is 42.3 Å². The van der Waals surface area contributed by atoms with Crippen LogP contribution < -0.4 is 0 Å². The first-order chi connectivity index (χ1) is 4.24. The van der Waals surface area contributed by atoms with Gasteiger partial charge in [0.15, 0.2) is 0 Å². The average Bonchev–Trinajstić information content (AvgIpc) is 1.70. The molecule has 0 unspecified atom stereocenters. The molecule has 0 N–H and O–H groups in total. The summed E-state index contributed by atoms with van der Waals surface area (Å²) >= 11 is 0. The molecule has 0 atom stereocenters. The van der Waals surface area contributed by atoms with E-state index in [1.165, 1.54) is 0 Å². The third-order valence-electron chi connectivity index (χ3n) is 0. The van der Waals surface area contributed by atoms with Crippen LogP contribution in [0.4, 0.5) is 0 Å². The summed E-state index contributed by atoms with van der Waals surface area (Å²) in [4.78, 5) is 0. The molecular weight excluding hydrogens is 159 g/mol. The standard InChI is InChI=1S/3C2H6N.Sc/c3*1-3-2;/h3*1-2H3;/q3*-1;+3. The molecule has 0 aliphatic rings. The SMILES string of the molecule is C[N-]C.C[N-]C.C[N-]C.[Sc+3]. The van der Waals surface area contributed by atoms with Gasteiger partial charge in [-0.3, -0.25) is 0 Å². The predicted molar refractivity (Wildman–Crippen MR) is 45.6 cm³/mol. The number of hydrogen-bond acceptors (Lipinski definition) is 0. The van der Waals surface area contributed by atoms with E-state index in [9.17, 15) is 0 Å². The molecule has 4 heteroatoms. The Kier molecular flexibility index (Phi) is 119. The smallest absolute Gasteiger partial charge is 0.668 e. The van der Waals surface area contributed by atoms with Crippen LogP contribution >= 0.6 is 0 Å². The first-order valence-electron chi connectivity index (χ1n) is 2.68. The molecule has 0 radical (unpaired) electrons. The third-order valence-corrected chi connectivity index (χ3v) is 0. The summed E-state index contributed by atoms with van der Waals surface area (Å²) in [5.41, 5.74) is 0. The van der Waals surface area contributed by atoms with Crippen molar-refractivity contribution in [2.75, 3.05) is 42.3 Å². The molecule has 0 fully saturated rings. The summed E-state index contributed by atoms with van der Waals surface area (Å²) < 4.78 is 0. The second kappa shape index (κ2) is 53.1. The Balaban J connectivity index is -0.0000000257. The topological polar surface area (TPSA) is 42.3 Å². The molecule has 0 rings (SSSR count). The van der Waals surface area contributed by atoms with Crippen LogP contribution in [0, 0.1) is 0 Å². The van der Waals surface area contributed by atoms with Crippen LogP contribution in [0.5, 0.6) is 0 Å². The van der Waals surface area contributed by atoms with E-state index >= 15 is 0 Å². The molecule has 0 saturated carbocycles. The first-order valence-corrected chi connectivity index (χ1v) is 2.68. The van der Waals surface area contributed by atoms with Crippen molar-refractivity contribution in [2.24, 2.45) is 0 Å². The minimum absolute atomic E-state index is 0. The fraction of sp³-hybridized carbons (Fsp3) is 1.00. The van der Waals surface area contributed by atoms with E-state index < -0.39 is 0 Å². The van der Waals surface area contributed by atoms with Crippen molar-refractivity contribution >= 4 is 0 Å². The van der Waals surface area contributed by atoms with E-state index in [-0.39, 0.29) is 25.8 Å². The van der Waals surface area contributed by atoms with Gasteiger partial charge >= 0.3 is 25.8 Å². The van der Waals surface area contributed by atoms with Crippen LogP contribution in [0.25, 0.3) is 16.0 Å². The number of nitrogens with zero attached hydrogens (tertiary/aromatic N) is 3. The van der Waals surface area contributed by atoms with Crippen molar-refractivity contribution in [3.63, 3.8) is 0 Å². The molecular formula is C6H18N3Sc. The molecule has 0 aliphatic heterocycles. The van der Waals surface area contributed by atoms with Gasteiger partial charge in [0.2, 0.25) is 0 Å². The summed E-state index contributed by atoms with van der Waals surface area (Å²) in [6, 6.07) is 0. The van der Waals surface area contributed by atoms with Crippen molar-refractivity contribution in [1.29, 1.82) is 0 Å². The van der Waals surface area contributed by atoms with Gasteiger partial charge in [-0.1, -0.05) is 0 Å². The Morgan fingerprint density at radius 3 is 0.500 bits per heavy atom. The Morgan fingerprint density at radius 2 is 0.500 bits per heavy atom. The molecule has 0 aliphatic carbocycles. The summed E-state index contributed by atoms with van der Waals surface area (Å²) in [6.07, 6.45) is 0. The fourth-order valence-electron chi connectivity index (χ4n) is 0. The summed E-state index contributed by atoms with van der Waals surface area (Å²) in [6.45, 7) is 0. The molecule has 0 heterocycles. The molecule has 0 spiro atoms. The van der Waals surface area contributed by atoms with Gasteiger partial charge in [-0.2, -0.15) is 42.3 Å². The molecule has 0 amide bonds. The summed E-state index contributed by atoms with van der Waals surface area (Å²) in [5.74, 6) is 0. The van der Waals surface area contributed by atoms with Crippen molar-refractivity contribution in [1.82, 2.24) is 0 Å². The maximum absolute atomic E-state index is 3.50. The van der Waals surface area contributed by atoms with Crippen LogP contribution in [0.3, 0.4) is 0 Å². The molecule has 60 valence electrons. The summed E-state index contributed by atoms with van der Waals surface area (Å²) in [7, 11) is 10.5. The molecule has 3 nitrogen and oxygen atoms in total. The van der Waals surface area contributed by atoms with Crippen molar-refractivity contribution in [3.05, 3.63) is 16.0 Å². The number of rotatable bonds is 0. The van der Waals surface area contributed by atoms with Gasteiger partial charge in [0, 0.05) is 0 Å². The molecule has 10 heavy (non-hydrogen) atoms. The second-order valence-electron chi connectivity index (χ2n) is 1.34. The van der Waals surface area contributed by atoms with Gasteiger partial charge in [0.1, 0.15) is 0 Å². The molecule has 0 aromatic rings. The van der Waals surface area contributed by atoms with Gasteiger partial charge in [-0.15, -0.1) is 0 Å². The minimum atomic E-state index is 0. The second-order valence-corrected chi connectivity index (χ2v) is 1.34. The zero-order chi connectivity index (χ0) is 8.12. The van der Waals surface area contributed by atoms with Crippen LogP contribution in [-0.4, -0.2) is 42.3 Å². The third kappa shape index (κ3) is 934. The minimum Gasteiger partial charge on any atom is -0.668 e. The molecule has 0 bridgehead atoms. The van der Waals surface area contributed by atoms with Gasteiger partial charge in [-0.05, 0) is 0 Å². The molecule has 0 aromatic heterocycles. The van der Waals surface area contributed by atoms with E-state index in [1.807, 2.05) is 0 Å². The van der Waals surface area contributed by atoms with Crippen LogP contribution in [0.15, 0.2) is 0 Å². The maximum Gasteiger partial charge on any atom is 3.00 e. The zero-order valence-electron chi connectivity index (χ0n) is 7.92. The van der Waals surface area contributed by atoms with Gasteiger partial charge in [-0.25, -0.2) is 0 Å². The van der Waals surface area contributed by atoms with Crippen molar-refractivity contribution < 1.29 is 25.8 Å². The van der Waals surface area contributed by atoms with E-state index in [2.05, 4.69) is 16.0 Å². The van der Waals surface area contributed by atoms with Gasteiger partial charge < -0.3 is 16.0 Å². The Hall–Kier alpha value is 0.750. The van der Waals surface area contributed by atoms with Crippen molar-refractivity contribution in [3.8, 4) is 0 Å². The number of hydrogen-bond donors (Lipinski definition) is 0. The van der Waals surface area contributed by atoms with Crippen LogP contribution in [0.2, 0.25) is 0 Å². The van der Waals surface area contributed by atoms with Crippen molar-refractivity contribution in [2.45, 2.75) is 0 Å².